The van der Waals surface area contributed by atoms with Crippen LogP contribution in [0.1, 0.15) is 24.5 Å². The Kier molecular flexibility index (Phi) is 3.47. The van der Waals surface area contributed by atoms with Crippen LogP contribution in [0, 0.1) is 5.41 Å². The van der Waals surface area contributed by atoms with Gasteiger partial charge >= 0.3 is 0 Å². The first-order valence-corrected chi connectivity index (χ1v) is 7.22. The van der Waals surface area contributed by atoms with Gasteiger partial charge < -0.3 is 19.5 Å². The summed E-state index contributed by atoms with van der Waals surface area (Å²) in [7, 11) is 4.78. The number of fused-ring (bicyclic) bond motifs is 3. The number of hydrogen-bond donors (Lipinski definition) is 1. The number of ether oxygens (including phenoxy) is 3. The van der Waals surface area contributed by atoms with Crippen LogP contribution in [0.2, 0.25) is 0 Å². The molecule has 1 heterocycles. The first-order valence-electron chi connectivity index (χ1n) is 7.22. The molecule has 0 bridgehead atoms. The Hall–Kier alpha value is -2.24. The van der Waals surface area contributed by atoms with Crippen molar-refractivity contribution in [1.29, 1.82) is 0 Å². The van der Waals surface area contributed by atoms with Gasteiger partial charge in [-0.25, -0.2) is 0 Å². The first kappa shape index (κ1) is 14.7. The van der Waals surface area contributed by atoms with Gasteiger partial charge in [0.05, 0.1) is 32.5 Å². The number of hydrogen-bond acceptors (Lipinski definition) is 5. The Morgan fingerprint density at radius 2 is 1.91 bits per heavy atom. The lowest BCUT2D eigenvalue weighted by molar-refractivity contribution is -0.127. The van der Waals surface area contributed by atoms with Gasteiger partial charge in [-0.05, 0) is 25.8 Å². The maximum atomic E-state index is 12.3. The maximum Gasteiger partial charge on any atom is 0.233 e. The van der Waals surface area contributed by atoms with Crippen molar-refractivity contribution in [3.8, 4) is 17.2 Å². The van der Waals surface area contributed by atoms with Gasteiger partial charge in [-0.3, -0.25) is 9.79 Å². The summed E-state index contributed by atoms with van der Waals surface area (Å²) in [6.07, 6.45) is 1.41. The predicted octanol–water partition coefficient (Wildman–Crippen LogP) is 1.54. The van der Waals surface area contributed by atoms with Crippen molar-refractivity contribution >= 4 is 11.6 Å². The first-order chi connectivity index (χ1) is 10.6. The van der Waals surface area contributed by atoms with E-state index in [1.807, 2.05) is 13.0 Å². The molecule has 0 saturated heterocycles. The number of amides is 1. The van der Waals surface area contributed by atoms with Gasteiger partial charge in [0.25, 0.3) is 0 Å². The van der Waals surface area contributed by atoms with Crippen molar-refractivity contribution in [2.45, 2.75) is 19.8 Å². The molecule has 1 N–H and O–H groups in total. The SMILES string of the molecule is COc1cc2c(c(OC)c1OC)CC[C@]1(C)C(=O)NCN=C21. The molecule has 0 radical (unpaired) electrons. The third-order valence-corrected chi connectivity index (χ3v) is 4.56. The molecule has 118 valence electrons. The Morgan fingerprint density at radius 3 is 2.55 bits per heavy atom. The van der Waals surface area contributed by atoms with E-state index in [1.54, 1.807) is 21.3 Å². The van der Waals surface area contributed by atoms with Crippen molar-refractivity contribution in [3.63, 3.8) is 0 Å². The van der Waals surface area contributed by atoms with Gasteiger partial charge in [-0.15, -0.1) is 0 Å². The van der Waals surface area contributed by atoms with E-state index < -0.39 is 5.41 Å². The van der Waals surface area contributed by atoms with Crippen LogP contribution in [0.25, 0.3) is 0 Å². The third kappa shape index (κ3) is 1.86. The zero-order chi connectivity index (χ0) is 15.9. The quantitative estimate of drug-likeness (QED) is 0.919. The van der Waals surface area contributed by atoms with Crippen molar-refractivity contribution in [2.75, 3.05) is 28.0 Å². The zero-order valence-corrected chi connectivity index (χ0v) is 13.3. The molecule has 1 aromatic rings. The summed E-state index contributed by atoms with van der Waals surface area (Å²) in [5.74, 6) is 1.84. The molecule has 3 rings (SSSR count). The molecule has 0 aromatic heterocycles. The third-order valence-electron chi connectivity index (χ3n) is 4.56. The lowest BCUT2D eigenvalue weighted by atomic mass is 9.69. The van der Waals surface area contributed by atoms with Crippen LogP contribution < -0.4 is 19.5 Å². The molecule has 1 atom stereocenters. The van der Waals surface area contributed by atoms with Crippen LogP contribution in [-0.2, 0) is 11.2 Å². The molecule has 1 amide bonds. The second-order valence-corrected chi connectivity index (χ2v) is 5.67. The average Bonchev–Trinajstić information content (AvgIpc) is 2.54. The fraction of sp³-hybridized carbons (Fsp3) is 0.500. The lowest BCUT2D eigenvalue weighted by Gasteiger charge is -2.38. The fourth-order valence-electron chi connectivity index (χ4n) is 3.33. The topological polar surface area (TPSA) is 69.2 Å². The van der Waals surface area contributed by atoms with E-state index in [4.69, 9.17) is 14.2 Å². The summed E-state index contributed by atoms with van der Waals surface area (Å²) in [4.78, 5) is 16.9. The van der Waals surface area contributed by atoms with Crippen molar-refractivity contribution in [1.82, 2.24) is 5.32 Å². The largest absolute Gasteiger partial charge is 0.493 e. The molecule has 0 unspecified atom stereocenters. The molecule has 2 aliphatic rings. The summed E-state index contributed by atoms with van der Waals surface area (Å²) in [6, 6.07) is 1.89. The van der Waals surface area contributed by atoms with Gasteiger partial charge in [-0.1, -0.05) is 0 Å². The monoisotopic (exact) mass is 304 g/mol. The maximum absolute atomic E-state index is 12.3. The zero-order valence-electron chi connectivity index (χ0n) is 13.3. The number of aliphatic imine (C=N–C) groups is 1. The molecule has 1 aromatic carbocycles. The molecule has 0 saturated carbocycles. The van der Waals surface area contributed by atoms with Crippen molar-refractivity contribution in [3.05, 3.63) is 17.2 Å². The standard InChI is InChI=1S/C16H20N2O4/c1-16-6-5-9-10(14(16)17-8-18-15(16)19)7-11(20-2)13(22-4)12(9)21-3/h7H,5-6,8H2,1-4H3,(H,18,19)/t16-/m0/s1. The summed E-state index contributed by atoms with van der Waals surface area (Å²) < 4.78 is 16.4. The molecular formula is C16H20N2O4. The minimum Gasteiger partial charge on any atom is -0.493 e. The molecule has 1 aliphatic carbocycles. The van der Waals surface area contributed by atoms with E-state index in [9.17, 15) is 4.79 Å². The van der Waals surface area contributed by atoms with Gasteiger partial charge in [-0.2, -0.15) is 0 Å². The van der Waals surface area contributed by atoms with Gasteiger partial charge in [0.1, 0.15) is 6.67 Å². The summed E-state index contributed by atoms with van der Waals surface area (Å²) >= 11 is 0. The Labute approximate surface area is 129 Å². The van der Waals surface area contributed by atoms with Gasteiger partial charge in [0.15, 0.2) is 11.5 Å². The summed E-state index contributed by atoms with van der Waals surface area (Å²) in [5.41, 5.74) is 2.14. The van der Waals surface area contributed by atoms with Crippen LogP contribution in [0.5, 0.6) is 17.2 Å². The molecule has 0 spiro atoms. The number of carbonyl (C=O) groups is 1. The minimum atomic E-state index is -0.601. The summed E-state index contributed by atoms with van der Waals surface area (Å²) in [6.45, 7) is 2.24. The molecule has 1 aliphatic heterocycles. The minimum absolute atomic E-state index is 0.0249. The van der Waals surface area contributed by atoms with E-state index in [0.29, 0.717) is 30.3 Å². The van der Waals surface area contributed by atoms with Crippen LogP contribution in [0.15, 0.2) is 11.1 Å². The highest BCUT2D eigenvalue weighted by Gasteiger charge is 2.45. The van der Waals surface area contributed by atoms with Gasteiger partial charge in [0.2, 0.25) is 11.7 Å². The van der Waals surface area contributed by atoms with Gasteiger partial charge in [0, 0.05) is 11.1 Å². The van der Waals surface area contributed by atoms with Crippen LogP contribution in [0.3, 0.4) is 0 Å². The Morgan fingerprint density at radius 1 is 1.18 bits per heavy atom. The molecule has 0 fully saturated rings. The Balaban J connectivity index is 2.26. The number of rotatable bonds is 3. The van der Waals surface area contributed by atoms with Crippen LogP contribution in [-0.4, -0.2) is 39.6 Å². The predicted molar refractivity (Wildman–Crippen MR) is 82.1 cm³/mol. The summed E-state index contributed by atoms with van der Waals surface area (Å²) in [5, 5.41) is 2.82. The molecule has 22 heavy (non-hydrogen) atoms. The number of methoxy groups -OCH3 is 3. The van der Waals surface area contributed by atoms with Crippen molar-refractivity contribution in [2.24, 2.45) is 10.4 Å². The van der Waals surface area contributed by atoms with E-state index in [-0.39, 0.29) is 5.91 Å². The number of nitrogens with one attached hydrogen (secondary N) is 1. The van der Waals surface area contributed by atoms with Crippen molar-refractivity contribution < 1.29 is 19.0 Å². The smallest absolute Gasteiger partial charge is 0.233 e. The second kappa shape index (κ2) is 5.19. The molecule has 6 nitrogen and oxygen atoms in total. The molecular weight excluding hydrogens is 284 g/mol. The number of carbonyl (C=O) groups excluding carboxylic acids is 1. The van der Waals surface area contributed by atoms with Crippen LogP contribution in [0.4, 0.5) is 0 Å². The van der Waals surface area contributed by atoms with E-state index in [2.05, 4.69) is 10.3 Å². The van der Waals surface area contributed by atoms with E-state index >= 15 is 0 Å². The van der Waals surface area contributed by atoms with E-state index in [0.717, 1.165) is 23.3 Å². The average molecular weight is 304 g/mol. The number of benzene rings is 1. The van der Waals surface area contributed by atoms with Crippen LogP contribution >= 0.6 is 0 Å². The normalized spacial score (nSPS) is 22.9. The number of nitrogens with zero attached hydrogens (tertiary/aromatic N) is 1. The highest BCUT2D eigenvalue weighted by atomic mass is 16.5. The van der Waals surface area contributed by atoms with E-state index in [1.165, 1.54) is 0 Å². The highest BCUT2D eigenvalue weighted by molar-refractivity contribution is 6.19. The lowest BCUT2D eigenvalue weighted by Crippen LogP contribution is -2.51. The highest BCUT2D eigenvalue weighted by Crippen LogP contribution is 2.48. The second-order valence-electron chi connectivity index (χ2n) is 5.67. The Bertz CT molecular complexity index is 669. The fourth-order valence-corrected chi connectivity index (χ4v) is 3.33. The molecule has 6 heteroatoms.